The Kier molecular flexibility index (Phi) is 5.63. The first-order chi connectivity index (χ1) is 14.5. The van der Waals surface area contributed by atoms with E-state index in [1.165, 1.54) is 11.9 Å². The molecule has 5 nitrogen and oxygen atoms in total. The zero-order valence-electron chi connectivity index (χ0n) is 16.2. The quantitative estimate of drug-likeness (QED) is 0.527. The fourth-order valence-electron chi connectivity index (χ4n) is 3.21. The third-order valence-electron chi connectivity index (χ3n) is 4.67. The maximum absolute atomic E-state index is 14.3. The van der Waals surface area contributed by atoms with Crippen LogP contribution in [0.25, 0.3) is 0 Å². The standard InChI is InChI=1S/C21H18F3N3O2S/c1-28-18-6-5-14(10-19(18)29-2)27-12-26(21-20(30-27)4-3-7-25-21)11-15-16(23)8-13(22)9-17(15)24/h3-10H,11-12H2,1-2H3. The summed E-state index contributed by atoms with van der Waals surface area (Å²) < 4.78 is 54.5. The molecule has 3 aromatic rings. The summed E-state index contributed by atoms with van der Waals surface area (Å²) in [4.78, 5) is 6.94. The van der Waals surface area contributed by atoms with Crippen LogP contribution in [0.15, 0.2) is 53.6 Å². The van der Waals surface area contributed by atoms with Gasteiger partial charge in [0, 0.05) is 30.0 Å². The molecule has 4 rings (SSSR count). The molecule has 9 heteroatoms. The van der Waals surface area contributed by atoms with Crippen LogP contribution in [0.1, 0.15) is 5.56 Å². The molecule has 0 aliphatic carbocycles. The lowest BCUT2D eigenvalue weighted by atomic mass is 10.1. The summed E-state index contributed by atoms with van der Waals surface area (Å²) in [6.07, 6.45) is 1.62. The second-order valence-corrected chi connectivity index (χ2v) is 7.58. The summed E-state index contributed by atoms with van der Waals surface area (Å²) in [5.41, 5.74) is 0.601. The predicted octanol–water partition coefficient (Wildman–Crippen LogP) is 5.01. The van der Waals surface area contributed by atoms with Gasteiger partial charge in [0.15, 0.2) is 11.5 Å². The molecule has 0 fully saturated rings. The number of methoxy groups -OCH3 is 2. The van der Waals surface area contributed by atoms with Crippen molar-refractivity contribution in [2.24, 2.45) is 0 Å². The van der Waals surface area contributed by atoms with Gasteiger partial charge >= 0.3 is 0 Å². The number of aromatic nitrogens is 1. The highest BCUT2D eigenvalue weighted by Crippen LogP contribution is 2.42. The van der Waals surface area contributed by atoms with E-state index < -0.39 is 17.5 Å². The lowest BCUT2D eigenvalue weighted by Gasteiger charge is -2.37. The Morgan fingerprint density at radius 2 is 1.73 bits per heavy atom. The summed E-state index contributed by atoms with van der Waals surface area (Å²) >= 11 is 1.45. The van der Waals surface area contributed by atoms with E-state index in [2.05, 4.69) is 4.98 Å². The number of benzene rings is 2. The number of hydrogen-bond acceptors (Lipinski definition) is 6. The normalized spacial score (nSPS) is 13.2. The highest BCUT2D eigenvalue weighted by atomic mass is 32.2. The first kappa shape index (κ1) is 20.2. The molecule has 0 N–H and O–H groups in total. The molecule has 30 heavy (non-hydrogen) atoms. The number of anilines is 2. The lowest BCUT2D eigenvalue weighted by molar-refractivity contribution is 0.355. The van der Waals surface area contributed by atoms with Crippen molar-refractivity contribution in [2.45, 2.75) is 11.4 Å². The van der Waals surface area contributed by atoms with Gasteiger partial charge in [0.1, 0.15) is 29.9 Å². The lowest BCUT2D eigenvalue weighted by Crippen LogP contribution is -2.38. The number of halogens is 3. The van der Waals surface area contributed by atoms with Crippen molar-refractivity contribution in [3.63, 3.8) is 0 Å². The van der Waals surface area contributed by atoms with Crippen molar-refractivity contribution in [1.82, 2.24) is 4.98 Å². The Bertz CT molecular complexity index is 1060. The van der Waals surface area contributed by atoms with Crippen LogP contribution in [0.5, 0.6) is 11.5 Å². The Hall–Kier alpha value is -3.07. The molecule has 0 unspecified atom stereocenters. The maximum atomic E-state index is 14.3. The van der Waals surface area contributed by atoms with Crippen LogP contribution in [0, 0.1) is 17.5 Å². The van der Waals surface area contributed by atoms with E-state index in [4.69, 9.17) is 9.47 Å². The first-order valence-electron chi connectivity index (χ1n) is 9.01. The van der Waals surface area contributed by atoms with E-state index in [9.17, 15) is 13.2 Å². The maximum Gasteiger partial charge on any atom is 0.162 e. The summed E-state index contributed by atoms with van der Waals surface area (Å²) in [5.74, 6) is -1.05. The van der Waals surface area contributed by atoms with Crippen LogP contribution >= 0.6 is 11.9 Å². The molecule has 1 aliphatic rings. The van der Waals surface area contributed by atoms with Crippen LogP contribution in [0.2, 0.25) is 0 Å². The average molecular weight is 433 g/mol. The van der Waals surface area contributed by atoms with Crippen LogP contribution < -0.4 is 18.7 Å². The highest BCUT2D eigenvalue weighted by Gasteiger charge is 2.27. The minimum absolute atomic E-state index is 0.105. The van der Waals surface area contributed by atoms with Crippen molar-refractivity contribution >= 4 is 23.5 Å². The fourth-order valence-corrected chi connectivity index (χ4v) is 4.27. The van der Waals surface area contributed by atoms with Gasteiger partial charge in [-0.2, -0.15) is 0 Å². The largest absolute Gasteiger partial charge is 0.493 e. The molecule has 0 bridgehead atoms. The Morgan fingerprint density at radius 3 is 2.43 bits per heavy atom. The monoisotopic (exact) mass is 433 g/mol. The second kappa shape index (κ2) is 8.35. The van der Waals surface area contributed by atoms with E-state index in [-0.39, 0.29) is 12.1 Å². The third-order valence-corrected chi connectivity index (χ3v) is 5.73. The number of ether oxygens (including phenoxy) is 2. The highest BCUT2D eigenvalue weighted by molar-refractivity contribution is 8.00. The number of nitrogens with zero attached hydrogens (tertiary/aromatic N) is 3. The molecule has 0 spiro atoms. The fraction of sp³-hybridized carbons (Fsp3) is 0.190. The summed E-state index contributed by atoms with van der Waals surface area (Å²) in [6.45, 7) is 0.187. The summed E-state index contributed by atoms with van der Waals surface area (Å²) in [6, 6.07) is 10.5. The minimum atomic E-state index is -0.951. The number of pyridine rings is 1. The third kappa shape index (κ3) is 3.85. The molecular weight excluding hydrogens is 415 g/mol. The molecule has 156 valence electrons. The molecule has 1 aromatic heterocycles. The van der Waals surface area contributed by atoms with E-state index in [1.807, 2.05) is 22.5 Å². The average Bonchev–Trinajstić information content (AvgIpc) is 2.75. The number of fused-ring (bicyclic) bond motifs is 1. The van der Waals surface area contributed by atoms with Crippen LogP contribution in [0.3, 0.4) is 0 Å². The van der Waals surface area contributed by atoms with Gasteiger partial charge < -0.3 is 14.4 Å². The van der Waals surface area contributed by atoms with Gasteiger partial charge in [-0.25, -0.2) is 18.2 Å². The Labute approximate surface area is 176 Å². The van der Waals surface area contributed by atoms with E-state index in [0.29, 0.717) is 36.1 Å². The van der Waals surface area contributed by atoms with E-state index >= 15 is 0 Å². The molecule has 2 heterocycles. The zero-order valence-corrected chi connectivity index (χ0v) is 17.0. The molecule has 0 atom stereocenters. The Balaban J connectivity index is 1.70. The minimum Gasteiger partial charge on any atom is -0.493 e. The van der Waals surface area contributed by atoms with Gasteiger partial charge in [-0.05, 0) is 36.2 Å². The summed E-state index contributed by atoms with van der Waals surface area (Å²) in [7, 11) is 3.11. The van der Waals surface area contributed by atoms with Gasteiger partial charge in [-0.3, -0.25) is 4.31 Å². The molecule has 2 aromatic carbocycles. The van der Waals surface area contributed by atoms with Gasteiger partial charge in [-0.15, -0.1) is 0 Å². The number of rotatable bonds is 5. The molecule has 0 saturated carbocycles. The molecule has 0 radical (unpaired) electrons. The predicted molar refractivity (Wildman–Crippen MR) is 109 cm³/mol. The van der Waals surface area contributed by atoms with Gasteiger partial charge in [0.2, 0.25) is 0 Å². The van der Waals surface area contributed by atoms with Gasteiger partial charge in [0.25, 0.3) is 0 Å². The van der Waals surface area contributed by atoms with Crippen molar-refractivity contribution in [1.29, 1.82) is 0 Å². The number of hydrogen-bond donors (Lipinski definition) is 0. The van der Waals surface area contributed by atoms with Crippen molar-refractivity contribution < 1.29 is 22.6 Å². The molecular formula is C21H18F3N3O2S. The van der Waals surface area contributed by atoms with E-state index in [1.54, 1.807) is 37.4 Å². The van der Waals surface area contributed by atoms with Gasteiger partial charge in [-0.1, -0.05) is 0 Å². The van der Waals surface area contributed by atoms with E-state index in [0.717, 1.165) is 10.6 Å². The molecule has 0 saturated heterocycles. The van der Waals surface area contributed by atoms with Crippen LogP contribution in [-0.4, -0.2) is 25.9 Å². The zero-order chi connectivity index (χ0) is 21.3. The molecule has 1 aliphatic heterocycles. The van der Waals surface area contributed by atoms with Crippen molar-refractivity contribution in [3.05, 3.63) is 71.7 Å². The molecule has 0 amide bonds. The summed E-state index contributed by atoms with van der Waals surface area (Å²) in [5, 5.41) is 0. The van der Waals surface area contributed by atoms with Crippen LogP contribution in [-0.2, 0) is 6.54 Å². The smallest absolute Gasteiger partial charge is 0.162 e. The van der Waals surface area contributed by atoms with Crippen LogP contribution in [0.4, 0.5) is 24.7 Å². The topological polar surface area (TPSA) is 37.8 Å². The first-order valence-corrected chi connectivity index (χ1v) is 9.78. The van der Waals surface area contributed by atoms with Crippen molar-refractivity contribution in [3.8, 4) is 11.5 Å². The van der Waals surface area contributed by atoms with Gasteiger partial charge in [0.05, 0.1) is 31.3 Å². The Morgan fingerprint density at radius 1 is 1.00 bits per heavy atom. The second-order valence-electron chi connectivity index (χ2n) is 6.52. The SMILES string of the molecule is COc1ccc(N2CN(Cc3c(F)cc(F)cc3F)c3ncccc3S2)cc1OC. The van der Waals surface area contributed by atoms with Crippen molar-refractivity contribution in [2.75, 3.05) is 30.1 Å².